The van der Waals surface area contributed by atoms with Crippen LogP contribution in [0, 0.1) is 6.92 Å². The summed E-state index contributed by atoms with van der Waals surface area (Å²) in [5.41, 5.74) is 4.60. The predicted molar refractivity (Wildman–Crippen MR) is 105 cm³/mol. The molecule has 0 spiro atoms. The van der Waals surface area contributed by atoms with E-state index < -0.39 is 0 Å². The minimum atomic E-state index is -0.135. The van der Waals surface area contributed by atoms with Crippen LogP contribution in [-0.4, -0.2) is 12.5 Å². The Bertz CT molecular complexity index is 840. The fourth-order valence-electron chi connectivity index (χ4n) is 2.75. The van der Waals surface area contributed by atoms with Gasteiger partial charge in [-0.25, -0.2) is 0 Å². The number of aryl methyl sites for hydroxylation is 1. The van der Waals surface area contributed by atoms with Gasteiger partial charge in [0.05, 0.1) is 6.04 Å². The molecule has 3 rings (SSSR count). The normalized spacial score (nSPS) is 11.6. The van der Waals surface area contributed by atoms with Crippen molar-refractivity contribution in [1.29, 1.82) is 0 Å². The standard InChI is InChI=1S/C23H23NO2/c1-17-8-10-20(11-9-17)21-12-14-22(15-13-21)26-16-23(25)24-18(2)19-6-4-3-5-7-19/h3-15,18H,16H2,1-2H3,(H,24,25)/t18-/m0/s1. The Morgan fingerprint density at radius 3 is 2.08 bits per heavy atom. The van der Waals surface area contributed by atoms with Crippen LogP contribution in [-0.2, 0) is 4.79 Å². The first-order valence-corrected chi connectivity index (χ1v) is 8.76. The Morgan fingerprint density at radius 2 is 1.46 bits per heavy atom. The smallest absolute Gasteiger partial charge is 0.258 e. The monoisotopic (exact) mass is 345 g/mol. The quantitative estimate of drug-likeness (QED) is 0.689. The lowest BCUT2D eigenvalue weighted by Crippen LogP contribution is -2.31. The average molecular weight is 345 g/mol. The third kappa shape index (κ3) is 4.73. The van der Waals surface area contributed by atoms with Gasteiger partial charge in [0.2, 0.25) is 0 Å². The van der Waals surface area contributed by atoms with Gasteiger partial charge in [-0.15, -0.1) is 0 Å². The number of carbonyl (C=O) groups is 1. The molecule has 3 aromatic carbocycles. The fraction of sp³-hybridized carbons (Fsp3) is 0.174. The van der Waals surface area contributed by atoms with Crippen molar-refractivity contribution in [2.24, 2.45) is 0 Å². The van der Waals surface area contributed by atoms with E-state index in [1.54, 1.807) is 0 Å². The molecule has 0 aliphatic carbocycles. The number of amides is 1. The average Bonchev–Trinajstić information content (AvgIpc) is 2.68. The predicted octanol–water partition coefficient (Wildman–Crippen LogP) is 4.92. The van der Waals surface area contributed by atoms with Crippen molar-refractivity contribution in [1.82, 2.24) is 5.32 Å². The molecule has 0 unspecified atom stereocenters. The number of nitrogens with one attached hydrogen (secondary N) is 1. The van der Waals surface area contributed by atoms with E-state index in [2.05, 4.69) is 36.5 Å². The molecule has 0 saturated carbocycles. The van der Waals surface area contributed by atoms with E-state index in [0.29, 0.717) is 5.75 Å². The second-order valence-corrected chi connectivity index (χ2v) is 6.38. The van der Waals surface area contributed by atoms with Crippen LogP contribution in [0.2, 0.25) is 0 Å². The lowest BCUT2D eigenvalue weighted by molar-refractivity contribution is -0.123. The summed E-state index contributed by atoms with van der Waals surface area (Å²) in [6.07, 6.45) is 0. The summed E-state index contributed by atoms with van der Waals surface area (Å²) in [5.74, 6) is 0.548. The molecule has 132 valence electrons. The van der Waals surface area contributed by atoms with Gasteiger partial charge in [0.1, 0.15) is 5.75 Å². The van der Waals surface area contributed by atoms with Crippen molar-refractivity contribution in [3.63, 3.8) is 0 Å². The molecule has 3 nitrogen and oxygen atoms in total. The third-order valence-electron chi connectivity index (χ3n) is 4.29. The van der Waals surface area contributed by atoms with E-state index in [9.17, 15) is 4.79 Å². The number of hydrogen-bond acceptors (Lipinski definition) is 2. The minimum absolute atomic E-state index is 0.00104. The Morgan fingerprint density at radius 1 is 0.885 bits per heavy atom. The summed E-state index contributed by atoms with van der Waals surface area (Å²) in [4.78, 5) is 12.1. The van der Waals surface area contributed by atoms with Gasteiger partial charge >= 0.3 is 0 Å². The number of benzene rings is 3. The molecule has 0 aliphatic rings. The van der Waals surface area contributed by atoms with Crippen molar-refractivity contribution >= 4 is 5.91 Å². The number of carbonyl (C=O) groups excluding carboxylic acids is 1. The molecular formula is C23H23NO2. The zero-order chi connectivity index (χ0) is 18.4. The highest BCUT2D eigenvalue weighted by molar-refractivity contribution is 5.78. The summed E-state index contributed by atoms with van der Waals surface area (Å²) in [5, 5.41) is 2.94. The van der Waals surface area contributed by atoms with Gasteiger partial charge in [0.25, 0.3) is 5.91 Å². The van der Waals surface area contributed by atoms with Crippen molar-refractivity contribution in [2.45, 2.75) is 19.9 Å². The molecule has 1 atom stereocenters. The van der Waals surface area contributed by atoms with Gasteiger partial charge in [0.15, 0.2) is 6.61 Å². The van der Waals surface area contributed by atoms with Crippen molar-refractivity contribution in [3.8, 4) is 16.9 Å². The Hall–Kier alpha value is -3.07. The van der Waals surface area contributed by atoms with Gasteiger partial charge in [-0.05, 0) is 42.7 Å². The summed E-state index contributed by atoms with van der Waals surface area (Å²) in [6.45, 7) is 4.04. The maximum absolute atomic E-state index is 12.1. The van der Waals surface area contributed by atoms with E-state index in [0.717, 1.165) is 16.7 Å². The first kappa shape index (κ1) is 17.7. The van der Waals surface area contributed by atoms with Crippen molar-refractivity contribution < 1.29 is 9.53 Å². The number of ether oxygens (including phenoxy) is 1. The van der Waals surface area contributed by atoms with Crippen molar-refractivity contribution in [3.05, 3.63) is 90.0 Å². The molecule has 26 heavy (non-hydrogen) atoms. The minimum Gasteiger partial charge on any atom is -0.484 e. The Labute approximate surface area is 154 Å². The van der Waals surface area contributed by atoms with Crippen molar-refractivity contribution in [2.75, 3.05) is 6.61 Å². The summed E-state index contributed by atoms with van der Waals surface area (Å²) >= 11 is 0. The van der Waals surface area contributed by atoms with Gasteiger partial charge < -0.3 is 10.1 Å². The summed E-state index contributed by atoms with van der Waals surface area (Å²) in [6, 6.07) is 26.0. The maximum Gasteiger partial charge on any atom is 0.258 e. The van der Waals surface area contributed by atoms with Crippen LogP contribution in [0.25, 0.3) is 11.1 Å². The fourth-order valence-corrected chi connectivity index (χ4v) is 2.75. The molecule has 0 fully saturated rings. The summed E-state index contributed by atoms with van der Waals surface area (Å²) < 4.78 is 5.60. The topological polar surface area (TPSA) is 38.3 Å². The second-order valence-electron chi connectivity index (χ2n) is 6.38. The molecule has 1 N–H and O–H groups in total. The van der Waals surface area contributed by atoms with Gasteiger partial charge in [0, 0.05) is 0 Å². The SMILES string of the molecule is Cc1ccc(-c2ccc(OCC(=O)N[C@@H](C)c3ccccc3)cc2)cc1. The third-order valence-corrected chi connectivity index (χ3v) is 4.29. The Balaban J connectivity index is 1.53. The summed E-state index contributed by atoms with van der Waals surface area (Å²) in [7, 11) is 0. The lowest BCUT2D eigenvalue weighted by Gasteiger charge is -2.14. The Kier molecular flexibility index (Phi) is 5.69. The van der Waals surface area contributed by atoms with Crippen LogP contribution in [0.5, 0.6) is 5.75 Å². The molecular weight excluding hydrogens is 322 g/mol. The maximum atomic E-state index is 12.1. The second kappa shape index (κ2) is 8.34. The van der Waals surface area contributed by atoms with Gasteiger partial charge in [-0.3, -0.25) is 4.79 Å². The van der Waals surface area contributed by atoms with Crippen LogP contribution in [0.1, 0.15) is 24.1 Å². The van der Waals surface area contributed by atoms with E-state index in [-0.39, 0.29) is 18.6 Å². The lowest BCUT2D eigenvalue weighted by atomic mass is 10.0. The number of rotatable bonds is 6. The largest absolute Gasteiger partial charge is 0.484 e. The molecule has 0 saturated heterocycles. The molecule has 0 heterocycles. The van der Waals surface area contributed by atoms with Crippen LogP contribution in [0.4, 0.5) is 0 Å². The highest BCUT2D eigenvalue weighted by Crippen LogP contribution is 2.22. The molecule has 0 aromatic heterocycles. The molecule has 3 aromatic rings. The molecule has 0 bridgehead atoms. The van der Waals surface area contributed by atoms with Gasteiger partial charge in [-0.2, -0.15) is 0 Å². The highest BCUT2D eigenvalue weighted by Gasteiger charge is 2.09. The van der Waals surface area contributed by atoms with E-state index in [1.807, 2.05) is 61.5 Å². The van der Waals surface area contributed by atoms with Crippen LogP contribution >= 0.6 is 0 Å². The first-order valence-electron chi connectivity index (χ1n) is 8.76. The van der Waals surface area contributed by atoms with Crippen LogP contribution in [0.3, 0.4) is 0 Å². The first-order chi connectivity index (χ1) is 12.6. The van der Waals surface area contributed by atoms with E-state index in [1.165, 1.54) is 5.56 Å². The van der Waals surface area contributed by atoms with E-state index in [4.69, 9.17) is 4.74 Å². The van der Waals surface area contributed by atoms with E-state index >= 15 is 0 Å². The molecule has 3 heteroatoms. The molecule has 0 aliphatic heterocycles. The zero-order valence-electron chi connectivity index (χ0n) is 15.1. The van der Waals surface area contributed by atoms with Crippen LogP contribution in [0.15, 0.2) is 78.9 Å². The van der Waals surface area contributed by atoms with Crippen LogP contribution < -0.4 is 10.1 Å². The number of hydrogen-bond donors (Lipinski definition) is 1. The molecule has 1 amide bonds. The molecule has 0 radical (unpaired) electrons. The highest BCUT2D eigenvalue weighted by atomic mass is 16.5. The zero-order valence-corrected chi connectivity index (χ0v) is 15.1. The van der Waals surface area contributed by atoms with Gasteiger partial charge in [-0.1, -0.05) is 72.3 Å².